The molecule has 14 heavy (non-hydrogen) atoms. The number of anilines is 1. The van der Waals surface area contributed by atoms with Gasteiger partial charge in [0.15, 0.2) is 0 Å². The van der Waals surface area contributed by atoms with Crippen molar-refractivity contribution in [1.29, 1.82) is 0 Å². The Hall–Kier alpha value is -1.29. The van der Waals surface area contributed by atoms with Gasteiger partial charge in [-0.1, -0.05) is 6.07 Å². The molecule has 2 N–H and O–H groups in total. The third-order valence-corrected chi connectivity index (χ3v) is 1.68. The smallest absolute Gasteiger partial charge is 0.215 e. The Morgan fingerprint density at radius 3 is 3.00 bits per heavy atom. The minimum absolute atomic E-state index is 0.000577. The maximum Gasteiger partial charge on any atom is 0.215 e. The number of ether oxygens (including phenoxy) is 1. The van der Waals surface area contributed by atoms with Crippen molar-refractivity contribution in [3.05, 3.63) is 18.2 Å². The predicted octanol–water partition coefficient (Wildman–Crippen LogP) is 1.27. The largest absolute Gasteiger partial charge is 0.478 e. The maximum atomic E-state index is 8.85. The Morgan fingerprint density at radius 2 is 2.36 bits per heavy atom. The van der Waals surface area contributed by atoms with Crippen molar-refractivity contribution in [2.75, 3.05) is 18.5 Å². The molecular weight excluding hydrogens is 180 g/mol. The Morgan fingerprint density at radius 1 is 1.57 bits per heavy atom. The van der Waals surface area contributed by atoms with Crippen molar-refractivity contribution in [1.82, 2.24) is 4.98 Å². The quantitative estimate of drug-likeness (QED) is 0.744. The van der Waals surface area contributed by atoms with Gasteiger partial charge in [0.2, 0.25) is 5.88 Å². The standard InChI is InChI=1S/C10H16N2O2/c1-3-14-10-6-4-5-9(12-10)11-8(2)7-13/h4-6,8,13H,3,7H2,1-2H3,(H,11,12). The number of nitrogens with zero attached hydrogens (tertiary/aromatic N) is 1. The number of nitrogens with one attached hydrogen (secondary N) is 1. The minimum Gasteiger partial charge on any atom is -0.478 e. The molecule has 1 aromatic heterocycles. The minimum atomic E-state index is -0.000577. The Bertz CT molecular complexity index is 279. The number of hydrogen-bond donors (Lipinski definition) is 2. The summed E-state index contributed by atoms with van der Waals surface area (Å²) in [5, 5.41) is 11.9. The van der Waals surface area contributed by atoms with Gasteiger partial charge in [-0.15, -0.1) is 0 Å². The van der Waals surface area contributed by atoms with E-state index >= 15 is 0 Å². The Labute approximate surface area is 83.9 Å². The molecule has 78 valence electrons. The molecule has 0 radical (unpaired) electrons. The zero-order valence-electron chi connectivity index (χ0n) is 8.53. The first-order chi connectivity index (χ1) is 6.76. The first kappa shape index (κ1) is 10.8. The molecule has 4 nitrogen and oxygen atoms in total. The van der Waals surface area contributed by atoms with Crippen LogP contribution in [0.15, 0.2) is 18.2 Å². The molecule has 0 amide bonds. The third kappa shape index (κ3) is 3.22. The van der Waals surface area contributed by atoms with Gasteiger partial charge in [0.1, 0.15) is 5.82 Å². The van der Waals surface area contributed by atoms with Crippen molar-refractivity contribution in [3.63, 3.8) is 0 Å². The molecule has 1 heterocycles. The molecule has 4 heteroatoms. The molecule has 0 spiro atoms. The summed E-state index contributed by atoms with van der Waals surface area (Å²) in [5.74, 6) is 1.32. The summed E-state index contributed by atoms with van der Waals surface area (Å²) >= 11 is 0. The van der Waals surface area contributed by atoms with Crippen molar-refractivity contribution in [3.8, 4) is 5.88 Å². The SMILES string of the molecule is CCOc1cccc(NC(C)CO)n1. The highest BCUT2D eigenvalue weighted by atomic mass is 16.5. The fourth-order valence-electron chi connectivity index (χ4n) is 1.02. The fourth-order valence-corrected chi connectivity index (χ4v) is 1.02. The summed E-state index contributed by atoms with van der Waals surface area (Å²) in [6.45, 7) is 4.49. The van der Waals surface area contributed by atoms with E-state index in [1.807, 2.05) is 26.0 Å². The van der Waals surface area contributed by atoms with Crippen LogP contribution in [-0.4, -0.2) is 29.3 Å². The summed E-state index contributed by atoms with van der Waals surface area (Å²) in [5.41, 5.74) is 0. The van der Waals surface area contributed by atoms with Crippen LogP contribution >= 0.6 is 0 Å². The van der Waals surface area contributed by atoms with Crippen LogP contribution in [0.5, 0.6) is 5.88 Å². The summed E-state index contributed by atoms with van der Waals surface area (Å²) < 4.78 is 5.25. The summed E-state index contributed by atoms with van der Waals surface area (Å²) in [7, 11) is 0. The summed E-state index contributed by atoms with van der Waals surface area (Å²) in [4.78, 5) is 4.21. The van der Waals surface area contributed by atoms with E-state index in [0.29, 0.717) is 12.5 Å². The van der Waals surface area contributed by atoms with Crippen LogP contribution in [0.1, 0.15) is 13.8 Å². The van der Waals surface area contributed by atoms with Crippen LogP contribution in [0.3, 0.4) is 0 Å². The van der Waals surface area contributed by atoms with Crippen molar-refractivity contribution in [2.45, 2.75) is 19.9 Å². The van der Waals surface area contributed by atoms with Gasteiger partial charge >= 0.3 is 0 Å². The molecule has 0 aliphatic rings. The lowest BCUT2D eigenvalue weighted by Gasteiger charge is -2.11. The van der Waals surface area contributed by atoms with Crippen molar-refractivity contribution in [2.24, 2.45) is 0 Å². The number of aliphatic hydroxyl groups is 1. The second-order valence-electron chi connectivity index (χ2n) is 3.02. The van der Waals surface area contributed by atoms with Gasteiger partial charge in [0.25, 0.3) is 0 Å². The number of hydrogen-bond acceptors (Lipinski definition) is 4. The van der Waals surface area contributed by atoms with E-state index in [0.717, 1.165) is 5.82 Å². The van der Waals surface area contributed by atoms with Gasteiger partial charge in [0.05, 0.1) is 13.2 Å². The van der Waals surface area contributed by atoms with Crippen LogP contribution < -0.4 is 10.1 Å². The maximum absolute atomic E-state index is 8.85. The van der Waals surface area contributed by atoms with Gasteiger partial charge in [-0.2, -0.15) is 4.98 Å². The third-order valence-electron chi connectivity index (χ3n) is 1.68. The molecule has 0 bridgehead atoms. The number of aliphatic hydroxyl groups excluding tert-OH is 1. The zero-order chi connectivity index (χ0) is 10.4. The highest BCUT2D eigenvalue weighted by molar-refractivity contribution is 5.37. The summed E-state index contributed by atoms with van der Waals surface area (Å²) in [6, 6.07) is 5.51. The molecule has 0 saturated heterocycles. The lowest BCUT2D eigenvalue weighted by atomic mass is 10.3. The van der Waals surface area contributed by atoms with E-state index in [2.05, 4.69) is 10.3 Å². The Kier molecular flexibility index (Phi) is 4.19. The molecule has 0 fully saturated rings. The average molecular weight is 196 g/mol. The Balaban J connectivity index is 2.63. The molecular formula is C10H16N2O2. The van der Waals surface area contributed by atoms with Crippen molar-refractivity contribution >= 4 is 5.82 Å². The first-order valence-corrected chi connectivity index (χ1v) is 4.73. The molecule has 0 aromatic carbocycles. The molecule has 1 unspecified atom stereocenters. The van der Waals surface area contributed by atoms with Gasteiger partial charge in [0, 0.05) is 12.1 Å². The van der Waals surface area contributed by atoms with Crippen LogP contribution in [0, 0.1) is 0 Å². The fraction of sp³-hybridized carbons (Fsp3) is 0.500. The van der Waals surface area contributed by atoms with E-state index in [1.54, 1.807) is 6.07 Å². The lowest BCUT2D eigenvalue weighted by Crippen LogP contribution is -2.19. The van der Waals surface area contributed by atoms with Crippen LogP contribution in [0.4, 0.5) is 5.82 Å². The molecule has 0 saturated carbocycles. The van der Waals surface area contributed by atoms with Gasteiger partial charge in [-0.05, 0) is 19.9 Å². The van der Waals surface area contributed by atoms with Crippen molar-refractivity contribution < 1.29 is 9.84 Å². The normalized spacial score (nSPS) is 12.2. The zero-order valence-corrected chi connectivity index (χ0v) is 8.53. The first-order valence-electron chi connectivity index (χ1n) is 4.73. The van der Waals surface area contributed by atoms with Gasteiger partial charge < -0.3 is 15.2 Å². The highest BCUT2D eigenvalue weighted by Gasteiger charge is 2.01. The molecule has 1 rings (SSSR count). The van der Waals surface area contributed by atoms with E-state index in [-0.39, 0.29) is 12.6 Å². The average Bonchev–Trinajstić information content (AvgIpc) is 2.19. The van der Waals surface area contributed by atoms with E-state index in [1.165, 1.54) is 0 Å². The van der Waals surface area contributed by atoms with Gasteiger partial charge in [-0.3, -0.25) is 0 Å². The monoisotopic (exact) mass is 196 g/mol. The van der Waals surface area contributed by atoms with Gasteiger partial charge in [-0.25, -0.2) is 0 Å². The molecule has 1 atom stereocenters. The molecule has 0 aliphatic carbocycles. The van der Waals surface area contributed by atoms with Crippen LogP contribution in [-0.2, 0) is 0 Å². The summed E-state index contributed by atoms with van der Waals surface area (Å²) in [6.07, 6.45) is 0. The number of rotatable bonds is 5. The van der Waals surface area contributed by atoms with Crippen LogP contribution in [0.25, 0.3) is 0 Å². The van der Waals surface area contributed by atoms with Crippen LogP contribution in [0.2, 0.25) is 0 Å². The van der Waals surface area contributed by atoms with E-state index < -0.39 is 0 Å². The predicted molar refractivity (Wildman–Crippen MR) is 55.6 cm³/mol. The van der Waals surface area contributed by atoms with E-state index in [4.69, 9.17) is 9.84 Å². The second-order valence-corrected chi connectivity index (χ2v) is 3.02. The lowest BCUT2D eigenvalue weighted by molar-refractivity contribution is 0.281. The molecule has 1 aromatic rings. The van der Waals surface area contributed by atoms with E-state index in [9.17, 15) is 0 Å². The number of aromatic nitrogens is 1. The number of pyridine rings is 1. The highest BCUT2D eigenvalue weighted by Crippen LogP contribution is 2.11. The second kappa shape index (κ2) is 5.44. The molecule has 0 aliphatic heterocycles. The topological polar surface area (TPSA) is 54.4 Å².